The number of benzene rings is 1. The van der Waals surface area contributed by atoms with Crippen LogP contribution in [0.25, 0.3) is 0 Å². The number of hydrogen-bond donors (Lipinski definition) is 2. The Bertz CT molecular complexity index is 713. The largest absolute Gasteiger partial charge is 0.370 e. The molecule has 0 aliphatic rings. The summed E-state index contributed by atoms with van der Waals surface area (Å²) in [6.07, 6.45) is 1.58. The third kappa shape index (κ3) is 4.68. The number of nitrogens with zero attached hydrogens (tertiary/aromatic N) is 4. The van der Waals surface area contributed by atoms with Crippen LogP contribution in [0.5, 0.6) is 0 Å². The molecule has 2 amide bonds. The van der Waals surface area contributed by atoms with Gasteiger partial charge < -0.3 is 20.1 Å². The second kappa shape index (κ2) is 8.46. The summed E-state index contributed by atoms with van der Waals surface area (Å²) in [5, 5.41) is 13.3. The first-order valence-electron chi connectivity index (χ1n) is 8.37. The molecular weight excluding hydrogens is 323 g/mol. The Hall–Kier alpha value is -2.64. The van der Waals surface area contributed by atoms with Gasteiger partial charge in [-0.25, -0.2) is 9.18 Å². The minimum atomic E-state index is -0.344. The van der Waals surface area contributed by atoms with Crippen LogP contribution in [0.1, 0.15) is 38.2 Å². The molecule has 25 heavy (non-hydrogen) atoms. The lowest BCUT2D eigenvalue weighted by Gasteiger charge is -2.22. The maximum atomic E-state index is 14.3. The normalized spacial score (nSPS) is 11.9. The summed E-state index contributed by atoms with van der Waals surface area (Å²) in [4.78, 5) is 14.0. The summed E-state index contributed by atoms with van der Waals surface area (Å²) in [5.41, 5.74) is 1.28. The fourth-order valence-corrected chi connectivity index (χ4v) is 2.66. The molecule has 0 saturated carbocycles. The van der Waals surface area contributed by atoms with Gasteiger partial charge in [0.15, 0.2) is 5.82 Å². The zero-order valence-corrected chi connectivity index (χ0v) is 15.1. The SMILES string of the molecule is CCN(CC)c1ccc(CNC(=O)N[C@H](C)c2nncn2C)cc1F. The average molecular weight is 348 g/mol. The van der Waals surface area contributed by atoms with Gasteiger partial charge in [-0.05, 0) is 38.5 Å². The standard InChI is InChI=1S/C17H25FN6O/c1-5-24(6-2)15-8-7-13(9-14(15)18)10-19-17(25)21-12(3)16-22-20-11-23(16)4/h7-9,11-12H,5-6,10H2,1-4H3,(H2,19,21,25)/t12-/m1/s1. The van der Waals surface area contributed by atoms with Crippen molar-refractivity contribution >= 4 is 11.7 Å². The molecule has 0 radical (unpaired) electrons. The topological polar surface area (TPSA) is 75.1 Å². The van der Waals surface area contributed by atoms with E-state index in [2.05, 4.69) is 20.8 Å². The fourth-order valence-electron chi connectivity index (χ4n) is 2.66. The number of urea groups is 1. The Balaban J connectivity index is 1.91. The Morgan fingerprint density at radius 2 is 2.08 bits per heavy atom. The molecule has 8 heteroatoms. The van der Waals surface area contributed by atoms with Crippen LogP contribution in [0.3, 0.4) is 0 Å². The monoisotopic (exact) mass is 348 g/mol. The number of amides is 2. The van der Waals surface area contributed by atoms with Crippen LogP contribution in [0.15, 0.2) is 24.5 Å². The van der Waals surface area contributed by atoms with Crippen LogP contribution < -0.4 is 15.5 Å². The fraction of sp³-hybridized carbons (Fsp3) is 0.471. The van der Waals surface area contributed by atoms with Crippen molar-refractivity contribution in [2.45, 2.75) is 33.4 Å². The second-order valence-corrected chi connectivity index (χ2v) is 5.81. The molecule has 0 saturated heterocycles. The van der Waals surface area contributed by atoms with Crippen molar-refractivity contribution < 1.29 is 9.18 Å². The zero-order chi connectivity index (χ0) is 18.4. The molecule has 0 bridgehead atoms. The van der Waals surface area contributed by atoms with E-state index >= 15 is 0 Å². The highest BCUT2D eigenvalue weighted by molar-refractivity contribution is 5.74. The highest BCUT2D eigenvalue weighted by Crippen LogP contribution is 2.20. The number of aryl methyl sites for hydroxylation is 1. The Labute approximate surface area is 147 Å². The van der Waals surface area contributed by atoms with Crippen molar-refractivity contribution in [1.82, 2.24) is 25.4 Å². The van der Waals surface area contributed by atoms with Crippen LogP contribution in [-0.4, -0.2) is 33.9 Å². The lowest BCUT2D eigenvalue weighted by atomic mass is 10.2. The van der Waals surface area contributed by atoms with E-state index in [0.29, 0.717) is 17.1 Å². The number of halogens is 1. The summed E-state index contributed by atoms with van der Waals surface area (Å²) < 4.78 is 16.0. The molecule has 0 unspecified atom stereocenters. The summed E-state index contributed by atoms with van der Waals surface area (Å²) in [7, 11) is 1.81. The highest BCUT2D eigenvalue weighted by atomic mass is 19.1. The Kier molecular flexibility index (Phi) is 6.32. The minimum Gasteiger partial charge on any atom is -0.370 e. The van der Waals surface area contributed by atoms with E-state index in [0.717, 1.165) is 13.1 Å². The summed E-state index contributed by atoms with van der Waals surface area (Å²) in [6, 6.07) is 4.40. The van der Waals surface area contributed by atoms with Gasteiger partial charge in [0.2, 0.25) is 0 Å². The smallest absolute Gasteiger partial charge is 0.315 e. The molecular formula is C17H25FN6O. The van der Waals surface area contributed by atoms with Gasteiger partial charge >= 0.3 is 6.03 Å². The molecule has 2 rings (SSSR count). The van der Waals surface area contributed by atoms with Crippen molar-refractivity contribution in [3.8, 4) is 0 Å². The zero-order valence-electron chi connectivity index (χ0n) is 15.1. The van der Waals surface area contributed by atoms with Gasteiger partial charge in [0.25, 0.3) is 0 Å². The van der Waals surface area contributed by atoms with E-state index in [9.17, 15) is 9.18 Å². The van der Waals surface area contributed by atoms with Crippen molar-refractivity contribution in [3.63, 3.8) is 0 Å². The van der Waals surface area contributed by atoms with Gasteiger partial charge in [-0.2, -0.15) is 0 Å². The average Bonchev–Trinajstić information content (AvgIpc) is 3.02. The molecule has 1 atom stereocenters. The van der Waals surface area contributed by atoms with Crippen molar-refractivity contribution in [2.75, 3.05) is 18.0 Å². The molecule has 2 N–H and O–H groups in total. The lowest BCUT2D eigenvalue weighted by molar-refractivity contribution is 0.237. The molecule has 136 valence electrons. The van der Waals surface area contributed by atoms with Gasteiger partial charge in [-0.1, -0.05) is 6.07 Å². The third-order valence-corrected chi connectivity index (χ3v) is 4.05. The molecule has 1 heterocycles. The van der Waals surface area contributed by atoms with E-state index in [1.54, 1.807) is 17.0 Å². The predicted molar refractivity (Wildman–Crippen MR) is 94.8 cm³/mol. The number of nitrogens with one attached hydrogen (secondary N) is 2. The van der Waals surface area contributed by atoms with E-state index in [4.69, 9.17) is 0 Å². The molecule has 7 nitrogen and oxygen atoms in total. The van der Waals surface area contributed by atoms with E-state index < -0.39 is 0 Å². The number of carbonyl (C=O) groups is 1. The van der Waals surface area contributed by atoms with Gasteiger partial charge in [0, 0.05) is 26.7 Å². The first-order valence-corrected chi connectivity index (χ1v) is 8.37. The number of carbonyl (C=O) groups excluding carboxylic acids is 1. The lowest BCUT2D eigenvalue weighted by Crippen LogP contribution is -2.37. The van der Waals surface area contributed by atoms with Gasteiger partial charge in [-0.3, -0.25) is 0 Å². The van der Waals surface area contributed by atoms with Crippen molar-refractivity contribution in [3.05, 3.63) is 41.7 Å². The minimum absolute atomic E-state index is 0.243. The second-order valence-electron chi connectivity index (χ2n) is 5.81. The number of rotatable bonds is 7. The van der Waals surface area contributed by atoms with Crippen LogP contribution in [0, 0.1) is 5.82 Å². The molecule has 1 aromatic carbocycles. The van der Waals surface area contributed by atoms with Crippen LogP contribution >= 0.6 is 0 Å². The van der Waals surface area contributed by atoms with E-state index in [1.807, 2.05) is 38.8 Å². The summed E-state index contributed by atoms with van der Waals surface area (Å²) >= 11 is 0. The van der Waals surface area contributed by atoms with Gasteiger partial charge in [0.05, 0.1) is 11.7 Å². The predicted octanol–water partition coefficient (Wildman–Crippen LogP) is 2.36. The number of hydrogen-bond acceptors (Lipinski definition) is 4. The first kappa shape index (κ1) is 18.7. The van der Waals surface area contributed by atoms with Crippen LogP contribution in [0.4, 0.5) is 14.9 Å². The third-order valence-electron chi connectivity index (χ3n) is 4.05. The van der Waals surface area contributed by atoms with E-state index in [-0.39, 0.29) is 24.4 Å². The maximum Gasteiger partial charge on any atom is 0.315 e. The van der Waals surface area contributed by atoms with Crippen molar-refractivity contribution in [1.29, 1.82) is 0 Å². The molecule has 0 spiro atoms. The van der Waals surface area contributed by atoms with Crippen molar-refractivity contribution in [2.24, 2.45) is 7.05 Å². The molecule has 2 aromatic rings. The Morgan fingerprint density at radius 1 is 1.36 bits per heavy atom. The first-order chi connectivity index (χ1) is 12.0. The quantitative estimate of drug-likeness (QED) is 0.805. The van der Waals surface area contributed by atoms with E-state index in [1.165, 1.54) is 6.07 Å². The molecule has 0 aliphatic carbocycles. The summed E-state index contributed by atoms with van der Waals surface area (Å²) in [5.74, 6) is 0.376. The highest BCUT2D eigenvalue weighted by Gasteiger charge is 2.14. The molecule has 0 fully saturated rings. The van der Waals surface area contributed by atoms with Crippen LogP contribution in [-0.2, 0) is 13.6 Å². The Morgan fingerprint density at radius 3 is 2.64 bits per heavy atom. The van der Waals surface area contributed by atoms with Gasteiger partial charge in [-0.15, -0.1) is 10.2 Å². The maximum absolute atomic E-state index is 14.3. The number of anilines is 1. The molecule has 0 aliphatic heterocycles. The number of aromatic nitrogens is 3. The van der Waals surface area contributed by atoms with Gasteiger partial charge in [0.1, 0.15) is 12.1 Å². The molecule has 1 aromatic heterocycles. The van der Waals surface area contributed by atoms with Crippen LogP contribution in [0.2, 0.25) is 0 Å². The summed E-state index contributed by atoms with van der Waals surface area (Å²) in [6.45, 7) is 7.53.